The van der Waals surface area contributed by atoms with E-state index in [9.17, 15) is 4.79 Å². The number of anilines is 1. The molecule has 7 heteroatoms. The summed E-state index contributed by atoms with van der Waals surface area (Å²) < 4.78 is 0. The summed E-state index contributed by atoms with van der Waals surface area (Å²) in [5, 5.41) is 17.8. The molecular formula is C3H5N6O. The molecule has 0 aliphatic heterocycles. The van der Waals surface area contributed by atoms with Gasteiger partial charge in [0.05, 0.1) is 0 Å². The van der Waals surface area contributed by atoms with Gasteiger partial charge < -0.3 is 0 Å². The third-order valence-corrected chi connectivity index (χ3v) is 0.774. The molecule has 2 N–H and O–H groups in total. The number of carbonyl (C=O) groups excluding carboxylic acids is 1. The lowest BCUT2D eigenvalue weighted by Gasteiger charge is -1.93. The summed E-state index contributed by atoms with van der Waals surface area (Å²) in [6.45, 7) is 0. The molecule has 0 spiro atoms. The van der Waals surface area contributed by atoms with Crippen LogP contribution in [0.3, 0.4) is 0 Å². The number of rotatable bonds is 1. The summed E-state index contributed by atoms with van der Waals surface area (Å²) in [6.07, 6.45) is 0. The number of hydrogen-bond donors (Lipinski definition) is 2. The predicted octanol–water partition coefficient (Wildman–Crippen LogP) is -1.03. The molecule has 10 heavy (non-hydrogen) atoms. The van der Waals surface area contributed by atoms with Crippen molar-refractivity contribution in [1.29, 1.82) is 0 Å². The van der Waals surface area contributed by atoms with Gasteiger partial charge in [-0.25, -0.2) is 15.2 Å². The number of aromatic nitrogens is 4. The van der Waals surface area contributed by atoms with Crippen LogP contribution in [0.4, 0.5) is 10.7 Å². The van der Waals surface area contributed by atoms with Gasteiger partial charge in [0, 0.05) is 7.05 Å². The number of nitrogens with zero attached hydrogens (tertiary/aromatic N) is 4. The molecule has 53 valence electrons. The maximum Gasteiger partial charge on any atom is 0.342 e. The molecule has 1 aromatic heterocycles. The molecule has 1 rings (SSSR count). The fraction of sp³-hybridized carbons (Fsp3) is 0.333. The van der Waals surface area contributed by atoms with Gasteiger partial charge in [0.1, 0.15) is 0 Å². The number of H-pyrrole nitrogens is 1. The van der Waals surface area contributed by atoms with Crippen molar-refractivity contribution in [2.24, 2.45) is 0 Å². The van der Waals surface area contributed by atoms with Gasteiger partial charge in [-0.3, -0.25) is 5.32 Å². The van der Waals surface area contributed by atoms with Gasteiger partial charge in [0.25, 0.3) is 0 Å². The van der Waals surface area contributed by atoms with E-state index < -0.39 is 6.03 Å². The minimum atomic E-state index is -0.487. The van der Waals surface area contributed by atoms with E-state index in [1.807, 2.05) is 0 Å². The largest absolute Gasteiger partial charge is 0.342 e. The normalized spacial score (nSPS) is 8.90. The molecule has 0 unspecified atom stereocenters. The topological polar surface area (TPSA) is 97.7 Å². The third kappa shape index (κ3) is 1.41. The number of amides is 2. The summed E-state index contributed by atoms with van der Waals surface area (Å²) in [4.78, 5) is 10.5. The van der Waals surface area contributed by atoms with Crippen LogP contribution in [0, 0.1) is 0 Å². The Balaban J connectivity index is 2.48. The van der Waals surface area contributed by atoms with Gasteiger partial charge in [-0.05, 0) is 10.4 Å². The smallest absolute Gasteiger partial charge is 0.274 e. The van der Waals surface area contributed by atoms with Crippen molar-refractivity contribution in [1.82, 2.24) is 25.9 Å². The van der Waals surface area contributed by atoms with Gasteiger partial charge >= 0.3 is 6.03 Å². The first-order valence-electron chi connectivity index (χ1n) is 2.47. The highest BCUT2D eigenvalue weighted by molar-refractivity contribution is 5.86. The fourth-order valence-corrected chi connectivity index (χ4v) is 0.369. The predicted molar refractivity (Wildman–Crippen MR) is 31.3 cm³/mol. The van der Waals surface area contributed by atoms with Crippen molar-refractivity contribution in [3.05, 3.63) is 0 Å². The maximum absolute atomic E-state index is 10.5. The van der Waals surface area contributed by atoms with Crippen molar-refractivity contribution in [2.75, 3.05) is 12.4 Å². The van der Waals surface area contributed by atoms with Crippen LogP contribution < -0.4 is 10.6 Å². The summed E-state index contributed by atoms with van der Waals surface area (Å²) in [5.41, 5.74) is 0. The molecule has 0 atom stereocenters. The second-order valence-electron chi connectivity index (χ2n) is 1.40. The van der Waals surface area contributed by atoms with Crippen LogP contribution in [0.25, 0.3) is 0 Å². The minimum Gasteiger partial charge on any atom is -0.274 e. The average molecular weight is 141 g/mol. The van der Waals surface area contributed by atoms with Crippen LogP contribution in [-0.2, 0) is 0 Å². The van der Waals surface area contributed by atoms with E-state index in [4.69, 9.17) is 0 Å². The Bertz CT molecular complexity index is 205. The monoisotopic (exact) mass is 141 g/mol. The summed E-state index contributed by atoms with van der Waals surface area (Å²) in [6, 6.07) is -0.487. The van der Waals surface area contributed by atoms with Crippen LogP contribution >= 0.6 is 0 Å². The standard InChI is InChI=1S/C3H5N6O/c1-4-3(10)5-2-6-8-9-7-2/h1H3,(H2,5,6,7,8,9,10). The number of tetrazole rings is 1. The molecule has 0 bridgehead atoms. The highest BCUT2D eigenvalue weighted by Crippen LogP contribution is 1.87. The lowest BCUT2D eigenvalue weighted by molar-refractivity contribution is 0.253. The van der Waals surface area contributed by atoms with Crippen LogP contribution in [0.2, 0.25) is 0 Å². The average Bonchev–Trinajstić information content (AvgIpc) is 2.40. The quantitative estimate of drug-likeness (QED) is 0.522. The van der Waals surface area contributed by atoms with E-state index in [-0.39, 0.29) is 5.95 Å². The van der Waals surface area contributed by atoms with Gasteiger partial charge in [0.15, 0.2) is 0 Å². The van der Waals surface area contributed by atoms with Crippen molar-refractivity contribution < 1.29 is 4.79 Å². The molecule has 1 radical (unpaired) electrons. The molecule has 0 saturated heterocycles. The van der Waals surface area contributed by atoms with Crippen LogP contribution in [0.5, 0.6) is 0 Å². The van der Waals surface area contributed by atoms with Gasteiger partial charge in [0.2, 0.25) is 5.95 Å². The molecule has 0 aliphatic carbocycles. The lowest BCUT2D eigenvalue weighted by atomic mass is 10.9. The van der Waals surface area contributed by atoms with Gasteiger partial charge in [-0.15, -0.1) is 0 Å². The first-order chi connectivity index (χ1) is 4.83. The van der Waals surface area contributed by atoms with Crippen molar-refractivity contribution in [3.63, 3.8) is 0 Å². The minimum absolute atomic E-state index is 0.190. The van der Waals surface area contributed by atoms with E-state index in [1.54, 1.807) is 0 Å². The Morgan fingerprint density at radius 3 is 3.10 bits per heavy atom. The highest BCUT2D eigenvalue weighted by atomic mass is 16.2. The van der Waals surface area contributed by atoms with Crippen LogP contribution in [0.15, 0.2) is 0 Å². The second kappa shape index (κ2) is 2.76. The number of aromatic amines is 1. The lowest BCUT2D eigenvalue weighted by Crippen LogP contribution is -2.19. The Labute approximate surface area is 56.2 Å². The first-order valence-corrected chi connectivity index (χ1v) is 2.47. The van der Waals surface area contributed by atoms with Crippen molar-refractivity contribution >= 4 is 12.0 Å². The Hall–Kier alpha value is -1.66. The zero-order valence-corrected chi connectivity index (χ0v) is 5.20. The van der Waals surface area contributed by atoms with E-state index in [1.165, 1.54) is 7.05 Å². The van der Waals surface area contributed by atoms with Gasteiger partial charge in [-0.2, -0.15) is 0 Å². The molecule has 0 aromatic carbocycles. The van der Waals surface area contributed by atoms with E-state index in [0.717, 1.165) is 0 Å². The van der Waals surface area contributed by atoms with Crippen molar-refractivity contribution in [2.45, 2.75) is 0 Å². The third-order valence-electron chi connectivity index (χ3n) is 0.774. The molecular weight excluding hydrogens is 136 g/mol. The van der Waals surface area contributed by atoms with Gasteiger partial charge in [-0.1, -0.05) is 5.10 Å². The Morgan fingerprint density at radius 2 is 2.60 bits per heavy atom. The second-order valence-corrected chi connectivity index (χ2v) is 1.40. The van der Waals surface area contributed by atoms with Crippen LogP contribution in [0.1, 0.15) is 0 Å². The summed E-state index contributed by atoms with van der Waals surface area (Å²) in [7, 11) is 1.37. The molecule has 1 aromatic rings. The molecule has 2 amide bonds. The molecule has 1 heterocycles. The first kappa shape index (κ1) is 6.46. The van der Waals surface area contributed by atoms with Crippen molar-refractivity contribution in [3.8, 4) is 0 Å². The molecule has 7 nitrogen and oxygen atoms in total. The van der Waals surface area contributed by atoms with E-state index >= 15 is 0 Å². The Morgan fingerprint density at radius 1 is 1.80 bits per heavy atom. The maximum atomic E-state index is 10.5. The van der Waals surface area contributed by atoms with Crippen LogP contribution in [-0.4, -0.2) is 33.7 Å². The Kier molecular flexibility index (Phi) is 1.78. The summed E-state index contributed by atoms with van der Waals surface area (Å²) >= 11 is 0. The number of hydrogen-bond acceptors (Lipinski definition) is 4. The zero-order valence-electron chi connectivity index (χ0n) is 5.20. The molecule has 0 aliphatic rings. The van der Waals surface area contributed by atoms with E-state index in [2.05, 4.69) is 31.3 Å². The highest BCUT2D eigenvalue weighted by Gasteiger charge is 2.00. The number of urea groups is 1. The number of nitrogens with one attached hydrogen (secondary N) is 2. The zero-order chi connectivity index (χ0) is 7.40. The molecule has 0 fully saturated rings. The SMILES string of the molecule is C[N]C(=O)Nc1nnn[nH]1. The fourth-order valence-electron chi connectivity index (χ4n) is 0.369. The number of carbonyl (C=O) groups is 1. The van der Waals surface area contributed by atoms with E-state index in [0.29, 0.717) is 0 Å². The molecule has 0 saturated carbocycles. The summed E-state index contributed by atoms with van der Waals surface area (Å²) in [5.74, 6) is 0.190.